The number of ether oxygens (including phenoxy) is 1. The van der Waals surface area contributed by atoms with Gasteiger partial charge in [-0.05, 0) is 30.0 Å². The summed E-state index contributed by atoms with van der Waals surface area (Å²) < 4.78 is 5.58. The van der Waals surface area contributed by atoms with Gasteiger partial charge in [-0.1, -0.05) is 15.9 Å². The summed E-state index contributed by atoms with van der Waals surface area (Å²) in [5.41, 5.74) is 0.390. The van der Waals surface area contributed by atoms with Crippen LogP contribution in [0.4, 0.5) is 4.79 Å². The first-order valence-electron chi connectivity index (χ1n) is 4.83. The predicted octanol–water partition coefficient (Wildman–Crippen LogP) is 2.49. The van der Waals surface area contributed by atoms with Gasteiger partial charge in [-0.2, -0.15) is 0 Å². The van der Waals surface area contributed by atoms with Crippen molar-refractivity contribution in [2.75, 3.05) is 7.11 Å². The van der Waals surface area contributed by atoms with Crippen LogP contribution in [-0.4, -0.2) is 23.4 Å². The summed E-state index contributed by atoms with van der Waals surface area (Å²) in [6, 6.07) is 3.28. The van der Waals surface area contributed by atoms with Crippen LogP contribution < -0.4 is 10.1 Å². The summed E-state index contributed by atoms with van der Waals surface area (Å²) in [6.07, 6.45) is 1.44. The number of phenols is 1. The van der Waals surface area contributed by atoms with Gasteiger partial charge in [0.05, 0.1) is 12.0 Å². The molecule has 1 aliphatic rings. The molecule has 1 saturated heterocycles. The third-order valence-electron chi connectivity index (χ3n) is 2.26. The first-order valence-corrected chi connectivity index (χ1v) is 6.44. The van der Waals surface area contributed by atoms with E-state index in [0.29, 0.717) is 15.8 Å². The van der Waals surface area contributed by atoms with Crippen LogP contribution in [0.5, 0.6) is 11.5 Å². The van der Waals surface area contributed by atoms with Crippen molar-refractivity contribution in [1.29, 1.82) is 0 Å². The number of imide groups is 1. The fraction of sp³-hybridized carbons (Fsp3) is 0.0909. The molecule has 0 radical (unpaired) electrons. The number of rotatable bonds is 2. The highest BCUT2D eigenvalue weighted by Crippen LogP contribution is 2.38. The van der Waals surface area contributed by atoms with Gasteiger partial charge in [0.25, 0.3) is 11.1 Å². The molecule has 5 nitrogen and oxygen atoms in total. The quantitative estimate of drug-likeness (QED) is 0.815. The van der Waals surface area contributed by atoms with Gasteiger partial charge in [0, 0.05) is 10.0 Å². The molecular formula is C11H8BrNO4S. The monoisotopic (exact) mass is 329 g/mol. The van der Waals surface area contributed by atoms with Crippen molar-refractivity contribution in [3.8, 4) is 11.5 Å². The molecule has 0 unspecified atom stereocenters. The summed E-state index contributed by atoms with van der Waals surface area (Å²) >= 11 is 4.05. The van der Waals surface area contributed by atoms with E-state index >= 15 is 0 Å². The molecule has 1 aromatic rings. The molecule has 94 valence electrons. The van der Waals surface area contributed by atoms with E-state index in [2.05, 4.69) is 21.2 Å². The topological polar surface area (TPSA) is 75.6 Å². The number of carbonyl (C=O) groups is 2. The number of hydrogen-bond acceptors (Lipinski definition) is 5. The van der Waals surface area contributed by atoms with Gasteiger partial charge in [0.2, 0.25) is 0 Å². The van der Waals surface area contributed by atoms with Crippen molar-refractivity contribution in [3.05, 3.63) is 27.1 Å². The van der Waals surface area contributed by atoms with Crippen LogP contribution in [0.3, 0.4) is 0 Å². The zero-order valence-corrected chi connectivity index (χ0v) is 11.6. The molecule has 18 heavy (non-hydrogen) atoms. The van der Waals surface area contributed by atoms with Crippen LogP contribution >= 0.6 is 27.7 Å². The maximum absolute atomic E-state index is 11.4. The average Bonchev–Trinajstić information content (AvgIpc) is 2.63. The van der Waals surface area contributed by atoms with E-state index in [1.54, 1.807) is 12.1 Å². The molecular weight excluding hydrogens is 322 g/mol. The summed E-state index contributed by atoms with van der Waals surface area (Å²) in [5.74, 6) is -0.272. The minimum Gasteiger partial charge on any atom is -0.504 e. The molecule has 2 rings (SSSR count). The van der Waals surface area contributed by atoms with Gasteiger partial charge >= 0.3 is 0 Å². The van der Waals surface area contributed by atoms with E-state index in [-0.39, 0.29) is 10.7 Å². The van der Waals surface area contributed by atoms with Crippen molar-refractivity contribution in [1.82, 2.24) is 5.32 Å². The minimum absolute atomic E-state index is 0.0906. The lowest BCUT2D eigenvalue weighted by Gasteiger charge is -2.08. The summed E-state index contributed by atoms with van der Waals surface area (Å²) in [7, 11) is 1.43. The van der Waals surface area contributed by atoms with Gasteiger partial charge in [-0.3, -0.25) is 14.9 Å². The van der Waals surface area contributed by atoms with E-state index in [9.17, 15) is 14.7 Å². The Hall–Kier alpha value is -1.47. The number of benzene rings is 1. The molecule has 2 amide bonds. The Balaban J connectivity index is 2.49. The fourth-order valence-electron chi connectivity index (χ4n) is 1.42. The van der Waals surface area contributed by atoms with Crippen molar-refractivity contribution >= 4 is 44.9 Å². The Morgan fingerprint density at radius 1 is 1.44 bits per heavy atom. The molecule has 0 bridgehead atoms. The van der Waals surface area contributed by atoms with E-state index in [1.807, 2.05) is 0 Å². The number of nitrogens with one attached hydrogen (secondary N) is 1. The van der Waals surface area contributed by atoms with Crippen LogP contribution in [0.1, 0.15) is 5.56 Å². The second kappa shape index (κ2) is 5.03. The zero-order valence-electron chi connectivity index (χ0n) is 9.19. The summed E-state index contributed by atoms with van der Waals surface area (Å²) in [5, 5.41) is 11.7. The number of halogens is 1. The van der Waals surface area contributed by atoms with Crippen molar-refractivity contribution in [2.45, 2.75) is 0 Å². The van der Waals surface area contributed by atoms with Crippen LogP contribution in [0, 0.1) is 0 Å². The van der Waals surface area contributed by atoms with Gasteiger partial charge in [-0.25, -0.2) is 0 Å². The molecule has 1 aliphatic heterocycles. The van der Waals surface area contributed by atoms with Gasteiger partial charge in [-0.15, -0.1) is 0 Å². The first-order chi connectivity index (χ1) is 8.52. The number of aromatic hydroxyl groups is 1. The maximum Gasteiger partial charge on any atom is 0.290 e. The van der Waals surface area contributed by atoms with Gasteiger partial charge in [0.1, 0.15) is 0 Å². The second-order valence-corrected chi connectivity index (χ2v) is 5.23. The number of methoxy groups -OCH3 is 1. The van der Waals surface area contributed by atoms with Crippen molar-refractivity contribution in [2.24, 2.45) is 0 Å². The Morgan fingerprint density at radius 2 is 2.17 bits per heavy atom. The molecule has 2 N–H and O–H groups in total. The van der Waals surface area contributed by atoms with Crippen LogP contribution in [0.2, 0.25) is 0 Å². The largest absolute Gasteiger partial charge is 0.504 e. The molecule has 1 heterocycles. The zero-order chi connectivity index (χ0) is 13.3. The van der Waals surface area contributed by atoms with Gasteiger partial charge in [0.15, 0.2) is 11.5 Å². The molecule has 0 aliphatic carbocycles. The van der Waals surface area contributed by atoms with E-state index in [0.717, 1.165) is 11.8 Å². The normalized spacial score (nSPS) is 17.1. The predicted molar refractivity (Wildman–Crippen MR) is 71.5 cm³/mol. The standard InChI is InChI=1S/C11H8BrNO4S/c1-17-7-3-2-6(12)5(9(7)14)4-8-10(15)13-11(16)18-8/h2-4,14H,1H3,(H,13,15,16). The number of phenolic OH excluding ortho intramolecular Hbond substituents is 1. The first kappa shape index (κ1) is 13.0. The van der Waals surface area contributed by atoms with Crippen molar-refractivity contribution in [3.63, 3.8) is 0 Å². The van der Waals surface area contributed by atoms with E-state index in [4.69, 9.17) is 4.74 Å². The van der Waals surface area contributed by atoms with Crippen LogP contribution in [0.25, 0.3) is 6.08 Å². The third kappa shape index (κ3) is 2.37. The molecule has 0 saturated carbocycles. The van der Waals surface area contributed by atoms with Crippen LogP contribution in [-0.2, 0) is 4.79 Å². The minimum atomic E-state index is -0.473. The Kier molecular flexibility index (Phi) is 3.63. The molecule has 1 aromatic carbocycles. The number of amides is 2. The second-order valence-electron chi connectivity index (χ2n) is 3.36. The van der Waals surface area contributed by atoms with E-state index in [1.165, 1.54) is 13.2 Å². The highest BCUT2D eigenvalue weighted by Gasteiger charge is 2.26. The SMILES string of the molecule is COc1ccc(Br)c(C=C2SC(=O)NC2=O)c1O. The molecule has 1 fully saturated rings. The highest BCUT2D eigenvalue weighted by atomic mass is 79.9. The lowest BCUT2D eigenvalue weighted by atomic mass is 10.1. The Bertz CT molecular complexity index is 570. The van der Waals surface area contributed by atoms with Crippen molar-refractivity contribution < 1.29 is 19.4 Å². The van der Waals surface area contributed by atoms with Crippen LogP contribution in [0.15, 0.2) is 21.5 Å². The molecule has 7 heteroatoms. The smallest absolute Gasteiger partial charge is 0.290 e. The summed E-state index contributed by atoms with van der Waals surface area (Å²) in [4.78, 5) is 22.7. The molecule has 0 aromatic heterocycles. The Morgan fingerprint density at radius 3 is 2.72 bits per heavy atom. The van der Waals surface area contributed by atoms with E-state index < -0.39 is 11.1 Å². The number of thioether (sulfide) groups is 1. The summed E-state index contributed by atoms with van der Waals surface area (Å²) in [6.45, 7) is 0. The fourth-order valence-corrected chi connectivity index (χ4v) is 2.52. The van der Waals surface area contributed by atoms with Gasteiger partial charge < -0.3 is 9.84 Å². The lowest BCUT2D eigenvalue weighted by Crippen LogP contribution is -2.17. The number of carbonyl (C=O) groups excluding carboxylic acids is 2. The average molecular weight is 330 g/mol. The molecule has 0 spiro atoms. The highest BCUT2D eigenvalue weighted by molar-refractivity contribution is 9.10. The Labute approximate surface area is 115 Å². The molecule has 0 atom stereocenters. The maximum atomic E-state index is 11.4. The third-order valence-corrected chi connectivity index (χ3v) is 3.77. The number of hydrogen-bond donors (Lipinski definition) is 2. The lowest BCUT2D eigenvalue weighted by molar-refractivity contribution is -0.115.